The highest BCUT2D eigenvalue weighted by Crippen LogP contribution is 2.32. The summed E-state index contributed by atoms with van der Waals surface area (Å²) in [4.78, 5) is 22.9. The van der Waals surface area contributed by atoms with E-state index < -0.39 is 0 Å². The predicted molar refractivity (Wildman–Crippen MR) is 133 cm³/mol. The number of benzene rings is 1. The molecule has 0 spiro atoms. The molecule has 1 aromatic carbocycles. The third kappa shape index (κ3) is 3.50. The first-order chi connectivity index (χ1) is 16.4. The summed E-state index contributed by atoms with van der Waals surface area (Å²) in [5.74, 6) is 6.85. The molecular weight excluding hydrogens is 426 g/mol. The van der Waals surface area contributed by atoms with Crippen molar-refractivity contribution in [3.8, 4) is 11.8 Å². The highest BCUT2D eigenvalue weighted by molar-refractivity contribution is 5.93. The number of hydrogen-bond donors (Lipinski definition) is 1. The van der Waals surface area contributed by atoms with Crippen molar-refractivity contribution in [2.75, 3.05) is 12.3 Å². The van der Waals surface area contributed by atoms with Gasteiger partial charge in [-0.15, -0.1) is 0 Å². The maximum atomic E-state index is 12.2. The number of aryl methyl sites for hydroxylation is 2. The Hall–Kier alpha value is -4.12. The van der Waals surface area contributed by atoms with Crippen LogP contribution in [0.4, 0.5) is 5.82 Å². The van der Waals surface area contributed by atoms with Crippen molar-refractivity contribution in [1.29, 1.82) is 0 Å². The number of nitrogen functional groups attached to an aromatic ring is 1. The van der Waals surface area contributed by atoms with Gasteiger partial charge in [0.25, 0.3) is 0 Å². The SMILES string of the molecule is C=CC(=O)N1C[C@@H](n2nc(C#Cc3cc4ncn(CC)c4cc3C)c3c(N)nccc32)C[C@@H]1C. The largest absolute Gasteiger partial charge is 0.383 e. The molecule has 8 nitrogen and oxygen atoms in total. The molecule has 0 aliphatic carbocycles. The number of pyridine rings is 1. The molecule has 4 heterocycles. The Morgan fingerprint density at radius 3 is 2.88 bits per heavy atom. The number of amides is 1. The Bertz CT molecular complexity index is 1500. The number of nitrogens with zero attached hydrogens (tertiary/aromatic N) is 6. The van der Waals surface area contributed by atoms with E-state index in [-0.39, 0.29) is 18.0 Å². The number of rotatable bonds is 3. The van der Waals surface area contributed by atoms with E-state index in [1.165, 1.54) is 6.08 Å². The van der Waals surface area contributed by atoms with E-state index in [4.69, 9.17) is 10.8 Å². The lowest BCUT2D eigenvalue weighted by molar-refractivity contribution is -0.126. The Labute approximate surface area is 198 Å². The monoisotopic (exact) mass is 453 g/mol. The first kappa shape index (κ1) is 21.7. The van der Waals surface area contributed by atoms with Gasteiger partial charge in [0.15, 0.2) is 0 Å². The van der Waals surface area contributed by atoms with Crippen molar-refractivity contribution in [3.05, 3.63) is 60.2 Å². The standard InChI is InChI=1S/C26H27N7O/c1-5-24(34)32-14-19(12-17(32)4)33-22-9-10-28-26(27)25(22)20(30-33)8-7-18-13-21-23(11-16(18)3)31(6-2)15-29-21/h5,9-11,13,15,17,19H,1,6,12,14H2,2-4H3,(H2,27,28)/t17-,19-/m0/s1. The van der Waals surface area contributed by atoms with Crippen molar-refractivity contribution >= 4 is 33.7 Å². The molecule has 34 heavy (non-hydrogen) atoms. The number of hydrogen-bond acceptors (Lipinski definition) is 5. The average Bonchev–Trinajstić information content (AvgIpc) is 3.52. The van der Waals surface area contributed by atoms with E-state index in [9.17, 15) is 4.79 Å². The summed E-state index contributed by atoms with van der Waals surface area (Å²) in [6.45, 7) is 11.2. The summed E-state index contributed by atoms with van der Waals surface area (Å²) in [6.07, 6.45) is 5.69. The molecular formula is C26H27N7O. The second-order valence-corrected chi connectivity index (χ2v) is 8.75. The number of carbonyl (C=O) groups excluding carboxylic acids is 1. The minimum Gasteiger partial charge on any atom is -0.383 e. The smallest absolute Gasteiger partial charge is 0.246 e. The molecule has 4 aromatic rings. The molecule has 1 aliphatic heterocycles. The average molecular weight is 454 g/mol. The number of aromatic nitrogens is 5. The number of fused-ring (bicyclic) bond motifs is 2. The molecule has 0 radical (unpaired) electrons. The van der Waals surface area contributed by atoms with Gasteiger partial charge in [-0.05, 0) is 63.0 Å². The van der Waals surface area contributed by atoms with Gasteiger partial charge in [-0.3, -0.25) is 9.48 Å². The normalized spacial score (nSPS) is 17.8. The van der Waals surface area contributed by atoms with Crippen molar-refractivity contribution in [2.45, 2.75) is 45.8 Å². The van der Waals surface area contributed by atoms with Crippen molar-refractivity contribution in [2.24, 2.45) is 0 Å². The van der Waals surface area contributed by atoms with Crippen molar-refractivity contribution in [3.63, 3.8) is 0 Å². The van der Waals surface area contributed by atoms with Gasteiger partial charge < -0.3 is 15.2 Å². The zero-order valence-corrected chi connectivity index (χ0v) is 19.6. The minimum atomic E-state index is -0.0657. The van der Waals surface area contributed by atoms with Gasteiger partial charge >= 0.3 is 0 Å². The number of anilines is 1. The maximum Gasteiger partial charge on any atom is 0.246 e. The summed E-state index contributed by atoms with van der Waals surface area (Å²) in [6, 6.07) is 6.16. The minimum absolute atomic E-state index is 0.0230. The second-order valence-electron chi connectivity index (χ2n) is 8.75. The topological polar surface area (TPSA) is 94.9 Å². The third-order valence-electron chi connectivity index (χ3n) is 6.63. The van der Waals surface area contributed by atoms with E-state index in [0.29, 0.717) is 18.1 Å². The second kappa shape index (κ2) is 8.34. The predicted octanol–water partition coefficient (Wildman–Crippen LogP) is 3.44. The Morgan fingerprint density at radius 2 is 2.12 bits per heavy atom. The fourth-order valence-electron chi connectivity index (χ4n) is 4.80. The molecule has 1 fully saturated rings. The van der Waals surface area contributed by atoms with Gasteiger partial charge in [0.2, 0.25) is 5.91 Å². The van der Waals surface area contributed by atoms with Crippen molar-refractivity contribution < 1.29 is 4.79 Å². The van der Waals surface area contributed by atoms with Crippen LogP contribution in [0.1, 0.15) is 43.1 Å². The van der Waals surface area contributed by atoms with Gasteiger partial charge in [0.1, 0.15) is 11.5 Å². The molecule has 0 unspecified atom stereocenters. The molecule has 1 aliphatic rings. The number of imidazole rings is 1. The third-order valence-corrected chi connectivity index (χ3v) is 6.63. The van der Waals surface area contributed by atoms with Crippen LogP contribution in [0.5, 0.6) is 0 Å². The highest BCUT2D eigenvalue weighted by Gasteiger charge is 2.34. The van der Waals surface area contributed by atoms with Crippen LogP contribution in [-0.2, 0) is 11.3 Å². The number of nitrogens with two attached hydrogens (primary N) is 1. The van der Waals surface area contributed by atoms with Crippen LogP contribution in [0.25, 0.3) is 21.9 Å². The molecule has 5 rings (SSSR count). The van der Waals surface area contributed by atoms with Gasteiger partial charge in [0.05, 0.1) is 34.3 Å². The Balaban J connectivity index is 1.57. The molecule has 2 atom stereocenters. The number of likely N-dealkylation sites (tertiary alicyclic amines) is 1. The van der Waals surface area contributed by atoms with Gasteiger partial charge in [-0.1, -0.05) is 12.5 Å². The van der Waals surface area contributed by atoms with Crippen LogP contribution in [0.15, 0.2) is 43.4 Å². The van der Waals surface area contributed by atoms with Crippen LogP contribution in [-0.4, -0.2) is 47.7 Å². The summed E-state index contributed by atoms with van der Waals surface area (Å²) in [5.41, 5.74) is 11.7. The molecule has 172 valence electrons. The lowest BCUT2D eigenvalue weighted by atomic mass is 10.1. The zero-order valence-electron chi connectivity index (χ0n) is 19.6. The molecule has 8 heteroatoms. The van der Waals surface area contributed by atoms with Crippen LogP contribution >= 0.6 is 0 Å². The fraction of sp³-hybridized carbons (Fsp3) is 0.308. The summed E-state index contributed by atoms with van der Waals surface area (Å²) in [5, 5.41) is 5.59. The lowest BCUT2D eigenvalue weighted by Crippen LogP contribution is -2.32. The summed E-state index contributed by atoms with van der Waals surface area (Å²) < 4.78 is 4.06. The molecule has 2 N–H and O–H groups in total. The van der Waals surface area contributed by atoms with E-state index in [2.05, 4.69) is 45.9 Å². The molecule has 0 saturated carbocycles. The summed E-state index contributed by atoms with van der Waals surface area (Å²) >= 11 is 0. The first-order valence-corrected chi connectivity index (χ1v) is 11.4. The van der Waals surface area contributed by atoms with E-state index in [0.717, 1.165) is 46.0 Å². The van der Waals surface area contributed by atoms with Gasteiger partial charge in [-0.2, -0.15) is 5.10 Å². The zero-order chi connectivity index (χ0) is 24.0. The molecule has 1 saturated heterocycles. The van der Waals surface area contributed by atoms with Crippen LogP contribution in [0, 0.1) is 18.8 Å². The first-order valence-electron chi connectivity index (χ1n) is 11.4. The summed E-state index contributed by atoms with van der Waals surface area (Å²) in [7, 11) is 0. The van der Waals surface area contributed by atoms with Crippen LogP contribution in [0.3, 0.4) is 0 Å². The quantitative estimate of drug-likeness (QED) is 0.379. The maximum absolute atomic E-state index is 12.2. The van der Waals surface area contributed by atoms with Crippen LogP contribution in [0.2, 0.25) is 0 Å². The van der Waals surface area contributed by atoms with E-state index >= 15 is 0 Å². The Kier molecular flexibility index (Phi) is 5.33. The molecule has 3 aromatic heterocycles. The van der Waals surface area contributed by atoms with E-state index in [1.807, 2.05) is 41.9 Å². The van der Waals surface area contributed by atoms with E-state index in [1.54, 1.807) is 6.20 Å². The van der Waals surface area contributed by atoms with Gasteiger partial charge in [-0.25, -0.2) is 9.97 Å². The molecule has 0 bridgehead atoms. The lowest BCUT2D eigenvalue weighted by Gasteiger charge is -2.19. The van der Waals surface area contributed by atoms with Crippen LogP contribution < -0.4 is 5.73 Å². The molecule has 1 amide bonds. The van der Waals surface area contributed by atoms with Gasteiger partial charge in [0, 0.05) is 30.9 Å². The number of carbonyl (C=O) groups is 1. The Morgan fingerprint density at radius 1 is 1.29 bits per heavy atom. The van der Waals surface area contributed by atoms with Crippen molar-refractivity contribution in [1.82, 2.24) is 29.2 Å². The fourth-order valence-corrected chi connectivity index (χ4v) is 4.80. The highest BCUT2D eigenvalue weighted by atomic mass is 16.2.